The summed E-state index contributed by atoms with van der Waals surface area (Å²) in [5.74, 6) is 0.0449. The molecular formula is C17H26N2O4. The molecule has 0 aromatic carbocycles. The van der Waals surface area contributed by atoms with Crippen LogP contribution in [0.15, 0.2) is 23.0 Å². The highest BCUT2D eigenvalue weighted by Crippen LogP contribution is 2.25. The zero-order valence-corrected chi connectivity index (χ0v) is 13.8. The van der Waals surface area contributed by atoms with Crippen molar-refractivity contribution in [1.82, 2.24) is 10.6 Å². The number of carbonyl (C=O) groups excluding carboxylic acids is 2. The van der Waals surface area contributed by atoms with Crippen molar-refractivity contribution in [2.75, 3.05) is 13.2 Å². The molecule has 2 amide bonds. The fraction of sp³-hybridized carbons (Fsp3) is 0.647. The van der Waals surface area contributed by atoms with Crippen LogP contribution in [0.2, 0.25) is 0 Å². The molecule has 23 heavy (non-hydrogen) atoms. The van der Waals surface area contributed by atoms with Crippen molar-refractivity contribution >= 4 is 11.8 Å². The maximum Gasteiger partial charge on any atom is 0.255 e. The Balaban J connectivity index is 1.63. The van der Waals surface area contributed by atoms with Gasteiger partial charge in [0.25, 0.3) is 5.91 Å². The monoisotopic (exact) mass is 322 g/mol. The lowest BCUT2D eigenvalue weighted by atomic mass is 9.88. The molecular weight excluding hydrogens is 296 g/mol. The predicted octanol–water partition coefficient (Wildman–Crippen LogP) is 2.11. The SMILES string of the molecule is C[C@H](NC(=O)c1ccoc1)C(=O)NCCO[C@H]1CCCC[C@@H]1C. The van der Waals surface area contributed by atoms with Gasteiger partial charge >= 0.3 is 0 Å². The van der Waals surface area contributed by atoms with Gasteiger partial charge in [0.1, 0.15) is 12.3 Å². The smallest absolute Gasteiger partial charge is 0.255 e. The van der Waals surface area contributed by atoms with E-state index in [4.69, 9.17) is 9.15 Å². The van der Waals surface area contributed by atoms with Crippen molar-refractivity contribution in [1.29, 1.82) is 0 Å². The molecule has 0 radical (unpaired) electrons. The lowest BCUT2D eigenvalue weighted by Crippen LogP contribution is -2.45. The van der Waals surface area contributed by atoms with Gasteiger partial charge in [-0.2, -0.15) is 0 Å². The van der Waals surface area contributed by atoms with Crippen molar-refractivity contribution in [2.24, 2.45) is 5.92 Å². The number of carbonyl (C=O) groups is 2. The van der Waals surface area contributed by atoms with Gasteiger partial charge in [0.05, 0.1) is 24.5 Å². The molecule has 1 saturated carbocycles. The maximum atomic E-state index is 12.0. The van der Waals surface area contributed by atoms with Gasteiger partial charge in [-0.25, -0.2) is 0 Å². The summed E-state index contributed by atoms with van der Waals surface area (Å²) in [4.78, 5) is 23.8. The lowest BCUT2D eigenvalue weighted by Gasteiger charge is -2.28. The Kier molecular flexibility index (Phi) is 6.65. The molecule has 3 atom stereocenters. The number of rotatable bonds is 7. The Morgan fingerprint density at radius 2 is 2.17 bits per heavy atom. The molecule has 0 bridgehead atoms. The summed E-state index contributed by atoms with van der Waals surface area (Å²) >= 11 is 0. The normalized spacial score (nSPS) is 22.3. The molecule has 1 aromatic rings. The number of hydrogen-bond acceptors (Lipinski definition) is 4. The average Bonchev–Trinajstić information content (AvgIpc) is 3.07. The number of ether oxygens (including phenoxy) is 1. The average molecular weight is 322 g/mol. The van der Waals surface area contributed by atoms with Crippen molar-refractivity contribution < 1.29 is 18.7 Å². The second-order valence-electron chi connectivity index (χ2n) is 6.17. The minimum absolute atomic E-state index is 0.220. The number of amides is 2. The summed E-state index contributed by atoms with van der Waals surface area (Å²) in [5, 5.41) is 5.41. The van der Waals surface area contributed by atoms with Gasteiger partial charge in [0.2, 0.25) is 5.91 Å². The zero-order valence-electron chi connectivity index (χ0n) is 13.8. The number of hydrogen-bond donors (Lipinski definition) is 2. The van der Waals surface area contributed by atoms with Crippen molar-refractivity contribution in [3.63, 3.8) is 0 Å². The Hall–Kier alpha value is -1.82. The molecule has 2 rings (SSSR count). The summed E-state index contributed by atoms with van der Waals surface area (Å²) in [7, 11) is 0. The molecule has 128 valence electrons. The van der Waals surface area contributed by atoms with E-state index < -0.39 is 6.04 Å². The standard InChI is InChI=1S/C17H26N2O4/c1-12-5-3-4-6-15(12)23-10-8-18-16(20)13(2)19-17(21)14-7-9-22-11-14/h7,9,11-13,15H,3-6,8,10H2,1-2H3,(H,18,20)(H,19,21)/t12-,13-,15-/m0/s1. The van der Waals surface area contributed by atoms with Gasteiger partial charge in [-0.15, -0.1) is 0 Å². The third-order valence-corrected chi connectivity index (χ3v) is 4.29. The van der Waals surface area contributed by atoms with E-state index in [1.54, 1.807) is 13.0 Å². The molecule has 1 aromatic heterocycles. The van der Waals surface area contributed by atoms with Gasteiger partial charge in [-0.05, 0) is 31.7 Å². The molecule has 0 saturated heterocycles. The van der Waals surface area contributed by atoms with Crippen molar-refractivity contribution in [3.8, 4) is 0 Å². The van der Waals surface area contributed by atoms with Gasteiger partial charge in [0.15, 0.2) is 0 Å². The van der Waals surface area contributed by atoms with Crippen LogP contribution in [-0.4, -0.2) is 37.1 Å². The Morgan fingerprint density at radius 1 is 1.39 bits per heavy atom. The number of nitrogens with one attached hydrogen (secondary N) is 2. The van der Waals surface area contributed by atoms with Crippen molar-refractivity contribution in [3.05, 3.63) is 24.2 Å². The Bertz CT molecular complexity index is 501. The van der Waals surface area contributed by atoms with E-state index in [1.165, 1.54) is 31.8 Å². The second-order valence-corrected chi connectivity index (χ2v) is 6.17. The lowest BCUT2D eigenvalue weighted by molar-refractivity contribution is -0.123. The van der Waals surface area contributed by atoms with Crippen LogP contribution in [0.4, 0.5) is 0 Å². The largest absolute Gasteiger partial charge is 0.472 e. The molecule has 1 heterocycles. The van der Waals surface area contributed by atoms with Crippen molar-refractivity contribution in [2.45, 2.75) is 51.7 Å². The summed E-state index contributed by atoms with van der Waals surface area (Å²) in [6.07, 6.45) is 7.89. The molecule has 1 aliphatic rings. The van der Waals surface area contributed by atoms with Crippen LogP contribution in [0.25, 0.3) is 0 Å². The van der Waals surface area contributed by atoms with E-state index in [9.17, 15) is 9.59 Å². The molecule has 0 unspecified atom stereocenters. The van der Waals surface area contributed by atoms with Gasteiger partial charge < -0.3 is 19.8 Å². The quantitative estimate of drug-likeness (QED) is 0.754. The molecule has 6 heteroatoms. The van der Waals surface area contributed by atoms with Gasteiger partial charge in [-0.1, -0.05) is 19.8 Å². The first kappa shape index (κ1) is 17.5. The second kappa shape index (κ2) is 8.72. The highest BCUT2D eigenvalue weighted by Gasteiger charge is 2.22. The fourth-order valence-electron chi connectivity index (χ4n) is 2.81. The number of furan rings is 1. The molecule has 2 N–H and O–H groups in total. The van der Waals surface area contributed by atoms with E-state index in [0.717, 1.165) is 6.42 Å². The van der Waals surface area contributed by atoms with Crippen LogP contribution in [0, 0.1) is 5.92 Å². The minimum Gasteiger partial charge on any atom is -0.472 e. The third kappa shape index (κ3) is 5.39. The summed E-state index contributed by atoms with van der Waals surface area (Å²) in [5.41, 5.74) is 0.402. The van der Waals surface area contributed by atoms with E-state index in [1.807, 2.05) is 0 Å². The molecule has 0 spiro atoms. The van der Waals surface area contributed by atoms with E-state index in [-0.39, 0.29) is 11.8 Å². The molecule has 1 fully saturated rings. The van der Waals surface area contributed by atoms with E-state index in [2.05, 4.69) is 17.6 Å². The first-order valence-electron chi connectivity index (χ1n) is 8.30. The maximum absolute atomic E-state index is 12.0. The Labute approximate surface area is 137 Å². The zero-order chi connectivity index (χ0) is 16.7. The van der Waals surface area contributed by atoms with E-state index in [0.29, 0.717) is 30.7 Å². The fourth-order valence-corrected chi connectivity index (χ4v) is 2.81. The van der Waals surface area contributed by atoms with Crippen LogP contribution in [0.1, 0.15) is 49.9 Å². The van der Waals surface area contributed by atoms with Crippen LogP contribution >= 0.6 is 0 Å². The summed E-state index contributed by atoms with van der Waals surface area (Å²) in [6, 6.07) is 0.949. The van der Waals surface area contributed by atoms with Crippen LogP contribution in [0.5, 0.6) is 0 Å². The molecule has 0 aliphatic heterocycles. The first-order chi connectivity index (χ1) is 11.1. The first-order valence-corrected chi connectivity index (χ1v) is 8.30. The summed E-state index contributed by atoms with van der Waals surface area (Å²) < 4.78 is 10.7. The minimum atomic E-state index is -0.606. The highest BCUT2D eigenvalue weighted by atomic mass is 16.5. The Morgan fingerprint density at radius 3 is 2.87 bits per heavy atom. The molecule has 1 aliphatic carbocycles. The predicted molar refractivity (Wildman–Crippen MR) is 86.0 cm³/mol. The van der Waals surface area contributed by atoms with Gasteiger partial charge in [0, 0.05) is 6.54 Å². The van der Waals surface area contributed by atoms with Crippen LogP contribution in [-0.2, 0) is 9.53 Å². The van der Waals surface area contributed by atoms with Gasteiger partial charge in [-0.3, -0.25) is 9.59 Å². The highest BCUT2D eigenvalue weighted by molar-refractivity contribution is 5.97. The van der Waals surface area contributed by atoms with E-state index >= 15 is 0 Å². The topological polar surface area (TPSA) is 80.6 Å². The molecule has 6 nitrogen and oxygen atoms in total. The van der Waals surface area contributed by atoms with Crippen LogP contribution < -0.4 is 10.6 Å². The summed E-state index contributed by atoms with van der Waals surface area (Å²) in [6.45, 7) is 4.82. The third-order valence-electron chi connectivity index (χ3n) is 4.29. The van der Waals surface area contributed by atoms with Crippen LogP contribution in [0.3, 0.4) is 0 Å².